The first-order valence-electron chi connectivity index (χ1n) is 11.2. The lowest BCUT2D eigenvalue weighted by molar-refractivity contribution is -0.111. The van der Waals surface area contributed by atoms with E-state index in [2.05, 4.69) is 32.4 Å². The molecule has 2 aromatic carbocycles. The molecule has 4 rings (SSSR count). The molecule has 0 aliphatic carbocycles. The quantitative estimate of drug-likeness (QED) is 0.381. The SMILES string of the molecule is CN(C)C/C=C/C(=O)Nc1cc2c(Nc3ccc(F)c(Cl)c3)ncnc2cc1C#CC1CCCO1. The summed E-state index contributed by atoms with van der Waals surface area (Å²) in [5.41, 5.74) is 2.35. The fourth-order valence-electron chi connectivity index (χ4n) is 3.51. The highest BCUT2D eigenvalue weighted by Crippen LogP contribution is 2.30. The molecule has 1 aliphatic heterocycles. The van der Waals surface area contributed by atoms with E-state index in [-0.39, 0.29) is 17.0 Å². The lowest BCUT2D eigenvalue weighted by Gasteiger charge is -2.12. The summed E-state index contributed by atoms with van der Waals surface area (Å²) in [6, 6.07) is 7.90. The molecule has 0 spiro atoms. The monoisotopic (exact) mass is 493 g/mol. The van der Waals surface area contributed by atoms with Crippen LogP contribution in [0.3, 0.4) is 0 Å². The van der Waals surface area contributed by atoms with Gasteiger partial charge in [0.2, 0.25) is 5.91 Å². The van der Waals surface area contributed by atoms with Gasteiger partial charge in [-0.25, -0.2) is 14.4 Å². The highest BCUT2D eigenvalue weighted by atomic mass is 35.5. The van der Waals surface area contributed by atoms with Crippen LogP contribution in [0.1, 0.15) is 18.4 Å². The molecule has 1 aliphatic rings. The van der Waals surface area contributed by atoms with Crippen molar-refractivity contribution in [2.45, 2.75) is 18.9 Å². The van der Waals surface area contributed by atoms with Crippen molar-refractivity contribution in [3.63, 3.8) is 0 Å². The number of nitrogens with one attached hydrogen (secondary N) is 2. The lowest BCUT2D eigenvalue weighted by Crippen LogP contribution is -2.13. The van der Waals surface area contributed by atoms with Crippen LogP contribution in [0, 0.1) is 17.7 Å². The molecule has 1 unspecified atom stereocenters. The number of carbonyl (C=O) groups is 1. The molecule has 1 amide bonds. The number of anilines is 3. The van der Waals surface area contributed by atoms with Crippen molar-refractivity contribution < 1.29 is 13.9 Å². The first-order chi connectivity index (χ1) is 16.9. The van der Waals surface area contributed by atoms with Gasteiger partial charge in [0.05, 0.1) is 21.8 Å². The van der Waals surface area contributed by atoms with E-state index in [9.17, 15) is 9.18 Å². The Morgan fingerprint density at radius 3 is 2.91 bits per heavy atom. The summed E-state index contributed by atoms with van der Waals surface area (Å²) in [7, 11) is 3.85. The Kier molecular flexibility index (Phi) is 7.93. The van der Waals surface area contributed by atoms with Gasteiger partial charge in [0.25, 0.3) is 0 Å². The van der Waals surface area contributed by atoms with Crippen LogP contribution in [0.2, 0.25) is 5.02 Å². The smallest absolute Gasteiger partial charge is 0.248 e. The Morgan fingerprint density at radius 1 is 1.31 bits per heavy atom. The van der Waals surface area contributed by atoms with Gasteiger partial charge >= 0.3 is 0 Å². The van der Waals surface area contributed by atoms with Crippen LogP contribution in [-0.4, -0.2) is 54.1 Å². The van der Waals surface area contributed by atoms with Crippen LogP contribution in [0.4, 0.5) is 21.6 Å². The van der Waals surface area contributed by atoms with Gasteiger partial charge in [0, 0.05) is 30.3 Å². The number of aromatic nitrogens is 2. The summed E-state index contributed by atoms with van der Waals surface area (Å²) in [6.45, 7) is 1.34. The second-order valence-electron chi connectivity index (χ2n) is 8.32. The maximum absolute atomic E-state index is 13.6. The number of rotatable bonds is 6. The maximum atomic E-state index is 13.6. The number of likely N-dealkylation sites (N-methyl/N-ethyl adjacent to an activating group) is 1. The Morgan fingerprint density at radius 2 is 2.17 bits per heavy atom. The number of carbonyl (C=O) groups excluding carboxylic acids is 1. The molecular weight excluding hydrogens is 469 g/mol. The minimum Gasteiger partial charge on any atom is -0.366 e. The van der Waals surface area contributed by atoms with Gasteiger partial charge in [0.1, 0.15) is 24.1 Å². The summed E-state index contributed by atoms with van der Waals surface area (Å²) in [5, 5.41) is 6.72. The predicted octanol–water partition coefficient (Wildman–Crippen LogP) is 4.75. The summed E-state index contributed by atoms with van der Waals surface area (Å²) < 4.78 is 19.2. The zero-order valence-corrected chi connectivity index (χ0v) is 20.2. The van der Waals surface area contributed by atoms with Crippen LogP contribution < -0.4 is 10.6 Å². The van der Waals surface area contributed by atoms with Crippen molar-refractivity contribution >= 4 is 45.6 Å². The van der Waals surface area contributed by atoms with Crippen molar-refractivity contribution in [3.05, 3.63) is 65.2 Å². The second-order valence-corrected chi connectivity index (χ2v) is 8.72. The predicted molar refractivity (Wildman–Crippen MR) is 136 cm³/mol. The molecule has 0 bridgehead atoms. The average molecular weight is 494 g/mol. The molecule has 0 radical (unpaired) electrons. The van der Waals surface area contributed by atoms with Gasteiger partial charge in [-0.2, -0.15) is 0 Å². The number of amides is 1. The van der Waals surface area contributed by atoms with Crippen LogP contribution >= 0.6 is 11.6 Å². The molecule has 2 N–H and O–H groups in total. The van der Waals surface area contributed by atoms with Gasteiger partial charge in [-0.15, -0.1) is 0 Å². The zero-order valence-electron chi connectivity index (χ0n) is 19.4. The third kappa shape index (κ3) is 6.55. The molecule has 0 saturated carbocycles. The molecule has 2 heterocycles. The molecule has 1 fully saturated rings. The average Bonchev–Trinajstić information content (AvgIpc) is 3.34. The number of fused-ring (bicyclic) bond motifs is 1. The van der Waals surface area contributed by atoms with E-state index in [4.69, 9.17) is 16.3 Å². The third-order valence-corrected chi connectivity index (χ3v) is 5.54. The number of nitrogens with zero attached hydrogens (tertiary/aromatic N) is 3. The van der Waals surface area contributed by atoms with Gasteiger partial charge in [0.15, 0.2) is 0 Å². The van der Waals surface area contributed by atoms with E-state index in [0.29, 0.717) is 46.8 Å². The van der Waals surface area contributed by atoms with Gasteiger partial charge in [-0.1, -0.05) is 29.5 Å². The summed E-state index contributed by atoms with van der Waals surface area (Å²) in [6.07, 6.45) is 6.43. The Balaban J connectivity index is 1.71. The minimum atomic E-state index is -0.508. The van der Waals surface area contributed by atoms with Crippen LogP contribution in [-0.2, 0) is 9.53 Å². The summed E-state index contributed by atoms with van der Waals surface area (Å²) in [4.78, 5) is 23.3. The summed E-state index contributed by atoms with van der Waals surface area (Å²) >= 11 is 5.92. The van der Waals surface area contributed by atoms with E-state index >= 15 is 0 Å². The van der Waals surface area contributed by atoms with E-state index in [0.717, 1.165) is 12.8 Å². The molecule has 35 heavy (non-hydrogen) atoms. The van der Waals surface area contributed by atoms with E-state index in [1.54, 1.807) is 24.3 Å². The topological polar surface area (TPSA) is 79.4 Å². The molecule has 180 valence electrons. The van der Waals surface area contributed by atoms with Crippen molar-refractivity contribution in [2.75, 3.05) is 37.9 Å². The van der Waals surface area contributed by atoms with E-state index < -0.39 is 5.82 Å². The Hall–Kier alpha value is -3.51. The van der Waals surface area contributed by atoms with Crippen molar-refractivity contribution in [2.24, 2.45) is 0 Å². The third-order valence-electron chi connectivity index (χ3n) is 5.25. The number of ether oxygens (including phenoxy) is 1. The number of hydrogen-bond acceptors (Lipinski definition) is 6. The van der Waals surface area contributed by atoms with Gasteiger partial charge in [-0.05, 0) is 57.3 Å². The highest BCUT2D eigenvalue weighted by molar-refractivity contribution is 6.31. The molecule has 7 nitrogen and oxygen atoms in total. The van der Waals surface area contributed by atoms with Crippen molar-refractivity contribution in [1.82, 2.24) is 14.9 Å². The standard InChI is InChI=1S/C26H25ClFN5O2/c1-33(2)11-3-6-25(34)32-23-15-20-24(13-17(23)7-9-19-5-4-12-35-19)29-16-30-26(20)31-18-8-10-22(28)21(27)14-18/h3,6,8,10,13-16,19H,4-5,11-12H2,1-2H3,(H,32,34)(H,29,30,31)/b6-3+. The molecule has 1 atom stereocenters. The Labute approximate surface area is 208 Å². The number of halogens is 2. The first kappa shape index (κ1) is 24.6. The van der Waals surface area contributed by atoms with E-state index in [1.807, 2.05) is 19.0 Å². The second kappa shape index (κ2) is 11.3. The first-order valence-corrected chi connectivity index (χ1v) is 11.5. The van der Waals surface area contributed by atoms with Crippen LogP contribution in [0.15, 0.2) is 48.8 Å². The van der Waals surface area contributed by atoms with Gasteiger partial charge < -0.3 is 20.3 Å². The molecular formula is C26H25ClFN5O2. The molecule has 3 aromatic rings. The normalized spacial score (nSPS) is 15.4. The summed E-state index contributed by atoms with van der Waals surface area (Å²) in [5.74, 6) is 5.99. The fraction of sp³-hybridized carbons (Fsp3) is 0.269. The fourth-order valence-corrected chi connectivity index (χ4v) is 3.70. The largest absolute Gasteiger partial charge is 0.366 e. The molecule has 1 aromatic heterocycles. The van der Waals surface area contributed by atoms with Crippen LogP contribution in [0.25, 0.3) is 10.9 Å². The molecule has 9 heteroatoms. The zero-order chi connectivity index (χ0) is 24.8. The van der Waals surface area contributed by atoms with Gasteiger partial charge in [-0.3, -0.25) is 4.79 Å². The molecule has 1 saturated heterocycles. The maximum Gasteiger partial charge on any atom is 0.248 e. The number of hydrogen-bond donors (Lipinski definition) is 2. The number of benzene rings is 2. The van der Waals surface area contributed by atoms with Crippen LogP contribution in [0.5, 0.6) is 0 Å². The van der Waals surface area contributed by atoms with Crippen molar-refractivity contribution in [1.29, 1.82) is 0 Å². The van der Waals surface area contributed by atoms with Crippen molar-refractivity contribution in [3.8, 4) is 11.8 Å². The Bertz CT molecular complexity index is 1330. The minimum absolute atomic E-state index is 0.00230. The van der Waals surface area contributed by atoms with E-state index in [1.165, 1.54) is 24.5 Å². The lowest BCUT2D eigenvalue weighted by atomic mass is 10.1. The highest BCUT2D eigenvalue weighted by Gasteiger charge is 2.14.